The Bertz CT molecular complexity index is 529. The van der Waals surface area contributed by atoms with E-state index in [1.165, 1.54) is 11.8 Å². The molecule has 1 aromatic rings. The Balaban J connectivity index is 2.74. The highest BCUT2D eigenvalue weighted by Crippen LogP contribution is 2.28. The van der Waals surface area contributed by atoms with E-state index in [9.17, 15) is 10.1 Å². The Morgan fingerprint density at radius 2 is 2.20 bits per heavy atom. The second-order valence-corrected chi connectivity index (χ2v) is 6.75. The van der Waals surface area contributed by atoms with Gasteiger partial charge in [0.05, 0.1) is 16.3 Å². The predicted molar refractivity (Wildman–Crippen MR) is 81.6 cm³/mol. The summed E-state index contributed by atoms with van der Waals surface area (Å²) in [5.41, 5.74) is -0.875. The van der Waals surface area contributed by atoms with Gasteiger partial charge in [0.25, 0.3) is 0 Å². The molecule has 1 rings (SSSR count). The standard InChI is InChI=1S/C14H18ClN3OS/c1-9(2)14(4,8-16)18-12(19)10(3)20-13-11(15)6-5-7-17-13/h5-7,9-10H,1-4H3,(H,18,19). The number of nitriles is 1. The van der Waals surface area contributed by atoms with Gasteiger partial charge in [0.15, 0.2) is 0 Å². The molecule has 2 atom stereocenters. The summed E-state index contributed by atoms with van der Waals surface area (Å²) < 4.78 is 0. The monoisotopic (exact) mass is 311 g/mol. The quantitative estimate of drug-likeness (QED) is 0.848. The largest absolute Gasteiger partial charge is 0.337 e. The first-order valence-corrected chi connectivity index (χ1v) is 7.56. The number of halogens is 1. The Hall–Kier alpha value is -1.25. The summed E-state index contributed by atoms with van der Waals surface area (Å²) in [6.07, 6.45) is 1.63. The molecule has 0 saturated carbocycles. The minimum absolute atomic E-state index is 0.0205. The molecule has 0 radical (unpaired) electrons. The van der Waals surface area contributed by atoms with E-state index in [4.69, 9.17) is 11.6 Å². The third kappa shape index (κ3) is 4.12. The molecule has 1 amide bonds. The zero-order chi connectivity index (χ0) is 15.3. The van der Waals surface area contributed by atoms with Crippen LogP contribution in [-0.4, -0.2) is 21.7 Å². The predicted octanol–water partition coefficient (Wildman–Crippen LogP) is 3.27. The van der Waals surface area contributed by atoms with Gasteiger partial charge in [0, 0.05) is 6.20 Å². The second-order valence-electron chi connectivity index (χ2n) is 5.01. The van der Waals surface area contributed by atoms with E-state index in [1.807, 2.05) is 13.8 Å². The fourth-order valence-electron chi connectivity index (χ4n) is 1.34. The number of hydrogen-bond acceptors (Lipinski definition) is 4. The number of nitrogens with zero attached hydrogens (tertiary/aromatic N) is 2. The van der Waals surface area contributed by atoms with Crippen LogP contribution in [0.4, 0.5) is 0 Å². The first-order valence-electron chi connectivity index (χ1n) is 6.30. The molecule has 1 N–H and O–H groups in total. The summed E-state index contributed by atoms with van der Waals surface area (Å²) in [5, 5.41) is 12.8. The summed E-state index contributed by atoms with van der Waals surface area (Å²) in [6.45, 7) is 7.29. The molecule has 0 saturated heterocycles. The van der Waals surface area contributed by atoms with Crippen molar-refractivity contribution in [2.45, 2.75) is 43.5 Å². The Labute approximate surface area is 128 Å². The minimum Gasteiger partial charge on any atom is -0.337 e. The van der Waals surface area contributed by atoms with Crippen molar-refractivity contribution >= 4 is 29.3 Å². The van der Waals surface area contributed by atoms with E-state index in [0.717, 1.165) is 0 Å². The molecule has 0 fully saturated rings. The van der Waals surface area contributed by atoms with Crippen LogP contribution in [0.25, 0.3) is 0 Å². The van der Waals surface area contributed by atoms with Crippen LogP contribution in [0.2, 0.25) is 5.02 Å². The lowest BCUT2D eigenvalue weighted by molar-refractivity contribution is -0.121. The van der Waals surface area contributed by atoms with Crippen molar-refractivity contribution in [3.8, 4) is 6.07 Å². The van der Waals surface area contributed by atoms with Crippen molar-refractivity contribution in [3.05, 3.63) is 23.4 Å². The second kappa shape index (κ2) is 6.96. The molecule has 0 aromatic carbocycles. The maximum atomic E-state index is 12.2. The molecular weight excluding hydrogens is 294 g/mol. The molecule has 0 aliphatic rings. The summed E-state index contributed by atoms with van der Waals surface area (Å²) >= 11 is 7.29. The Kier molecular flexibility index (Phi) is 5.85. The molecule has 108 valence electrons. The zero-order valence-corrected chi connectivity index (χ0v) is 13.5. The highest BCUT2D eigenvalue weighted by Gasteiger charge is 2.32. The third-order valence-electron chi connectivity index (χ3n) is 3.15. The fraction of sp³-hybridized carbons (Fsp3) is 0.500. The molecule has 20 heavy (non-hydrogen) atoms. The molecule has 4 nitrogen and oxygen atoms in total. The van der Waals surface area contributed by atoms with Gasteiger partial charge in [-0.2, -0.15) is 5.26 Å². The molecule has 0 bridgehead atoms. The van der Waals surface area contributed by atoms with Crippen molar-refractivity contribution in [2.24, 2.45) is 5.92 Å². The zero-order valence-electron chi connectivity index (χ0n) is 12.0. The Morgan fingerprint density at radius 3 is 2.70 bits per heavy atom. The van der Waals surface area contributed by atoms with E-state index in [-0.39, 0.29) is 17.1 Å². The van der Waals surface area contributed by atoms with Crippen LogP contribution < -0.4 is 5.32 Å². The summed E-state index contributed by atoms with van der Waals surface area (Å²) in [6, 6.07) is 5.63. The average molecular weight is 312 g/mol. The Morgan fingerprint density at radius 1 is 1.55 bits per heavy atom. The van der Waals surface area contributed by atoms with E-state index in [1.54, 1.807) is 32.2 Å². The number of pyridine rings is 1. The third-order valence-corrected chi connectivity index (χ3v) is 4.69. The molecule has 1 heterocycles. The number of rotatable bonds is 5. The lowest BCUT2D eigenvalue weighted by Gasteiger charge is -2.28. The number of carbonyl (C=O) groups excluding carboxylic acids is 1. The van der Waals surface area contributed by atoms with Crippen LogP contribution >= 0.6 is 23.4 Å². The van der Waals surface area contributed by atoms with Crippen molar-refractivity contribution in [1.82, 2.24) is 10.3 Å². The van der Waals surface area contributed by atoms with E-state index in [0.29, 0.717) is 10.0 Å². The van der Waals surface area contributed by atoms with Gasteiger partial charge in [-0.3, -0.25) is 4.79 Å². The molecular formula is C14H18ClN3OS. The van der Waals surface area contributed by atoms with Gasteiger partial charge < -0.3 is 5.32 Å². The smallest absolute Gasteiger partial charge is 0.234 e. The van der Waals surface area contributed by atoms with Gasteiger partial charge in [-0.15, -0.1) is 0 Å². The van der Waals surface area contributed by atoms with Crippen molar-refractivity contribution < 1.29 is 4.79 Å². The fourth-order valence-corrected chi connectivity index (χ4v) is 2.40. The number of aromatic nitrogens is 1. The molecule has 6 heteroatoms. The van der Waals surface area contributed by atoms with Crippen LogP contribution in [0.1, 0.15) is 27.7 Å². The van der Waals surface area contributed by atoms with Gasteiger partial charge in [-0.05, 0) is 31.9 Å². The van der Waals surface area contributed by atoms with Gasteiger partial charge in [0.2, 0.25) is 5.91 Å². The molecule has 2 unspecified atom stereocenters. The first-order chi connectivity index (χ1) is 9.30. The number of nitrogens with one attached hydrogen (secondary N) is 1. The normalized spacial score (nSPS) is 15.2. The first kappa shape index (κ1) is 16.8. The highest BCUT2D eigenvalue weighted by molar-refractivity contribution is 8.00. The lowest BCUT2D eigenvalue weighted by atomic mass is 9.90. The number of thioether (sulfide) groups is 1. The molecule has 0 aliphatic heterocycles. The van der Waals surface area contributed by atoms with Gasteiger partial charge >= 0.3 is 0 Å². The van der Waals surface area contributed by atoms with Crippen molar-refractivity contribution in [3.63, 3.8) is 0 Å². The van der Waals surface area contributed by atoms with Crippen LogP contribution in [-0.2, 0) is 4.79 Å². The molecule has 0 aliphatic carbocycles. The summed E-state index contributed by atoms with van der Waals surface area (Å²) in [7, 11) is 0. The van der Waals surface area contributed by atoms with E-state index >= 15 is 0 Å². The van der Waals surface area contributed by atoms with Crippen LogP contribution in [0.3, 0.4) is 0 Å². The van der Waals surface area contributed by atoms with E-state index < -0.39 is 5.54 Å². The maximum absolute atomic E-state index is 12.2. The van der Waals surface area contributed by atoms with E-state index in [2.05, 4.69) is 16.4 Å². The van der Waals surface area contributed by atoms with Gasteiger partial charge in [0.1, 0.15) is 10.6 Å². The SMILES string of the molecule is CC(Sc1ncccc1Cl)C(=O)NC(C)(C#N)C(C)C. The van der Waals surface area contributed by atoms with Crippen LogP contribution in [0, 0.1) is 17.2 Å². The van der Waals surface area contributed by atoms with Crippen LogP contribution in [0.15, 0.2) is 23.4 Å². The number of amides is 1. The highest BCUT2D eigenvalue weighted by atomic mass is 35.5. The van der Waals surface area contributed by atoms with Crippen LogP contribution in [0.5, 0.6) is 0 Å². The minimum atomic E-state index is -0.875. The van der Waals surface area contributed by atoms with Gasteiger partial charge in [-0.1, -0.05) is 37.2 Å². The lowest BCUT2D eigenvalue weighted by Crippen LogP contribution is -2.51. The van der Waals surface area contributed by atoms with Crippen molar-refractivity contribution in [1.29, 1.82) is 5.26 Å². The van der Waals surface area contributed by atoms with Gasteiger partial charge in [-0.25, -0.2) is 4.98 Å². The molecule has 0 spiro atoms. The topological polar surface area (TPSA) is 65.8 Å². The summed E-state index contributed by atoms with van der Waals surface area (Å²) in [4.78, 5) is 16.3. The number of hydrogen-bond donors (Lipinski definition) is 1. The number of carbonyl (C=O) groups is 1. The average Bonchev–Trinajstić information content (AvgIpc) is 2.40. The molecule has 1 aromatic heterocycles. The summed E-state index contributed by atoms with van der Waals surface area (Å²) in [5.74, 6) is -0.179. The van der Waals surface area contributed by atoms with Crippen molar-refractivity contribution in [2.75, 3.05) is 0 Å². The maximum Gasteiger partial charge on any atom is 0.234 e.